The van der Waals surface area contributed by atoms with Gasteiger partial charge in [-0.1, -0.05) is 46.0 Å². The third kappa shape index (κ3) is 4.94. The van der Waals surface area contributed by atoms with Crippen LogP contribution in [0.1, 0.15) is 65.2 Å². The number of nitrogens with one attached hydrogen (secondary N) is 1. The first-order valence-corrected chi connectivity index (χ1v) is 7.73. The second kappa shape index (κ2) is 8.72. The molecule has 0 aliphatic carbocycles. The van der Waals surface area contributed by atoms with Gasteiger partial charge in [-0.2, -0.15) is 0 Å². The van der Waals surface area contributed by atoms with Crippen molar-refractivity contribution >= 4 is 17.7 Å². The zero-order chi connectivity index (χ0) is 15.0. The molecule has 0 bridgehead atoms. The van der Waals surface area contributed by atoms with E-state index < -0.39 is 6.04 Å². The summed E-state index contributed by atoms with van der Waals surface area (Å²) in [4.78, 5) is 36.6. The van der Waals surface area contributed by atoms with E-state index in [1.165, 1.54) is 24.2 Å². The van der Waals surface area contributed by atoms with Gasteiger partial charge < -0.3 is 4.90 Å². The summed E-state index contributed by atoms with van der Waals surface area (Å²) in [5.41, 5.74) is 0. The smallest absolute Gasteiger partial charge is 0.249 e. The van der Waals surface area contributed by atoms with Gasteiger partial charge in [0, 0.05) is 6.42 Å². The average molecular weight is 282 g/mol. The number of hydrogen-bond donors (Lipinski definition) is 1. The summed E-state index contributed by atoms with van der Waals surface area (Å²) in [7, 11) is 0. The maximum atomic E-state index is 12.1. The van der Waals surface area contributed by atoms with Gasteiger partial charge in [0.05, 0.1) is 0 Å². The second-order valence-corrected chi connectivity index (χ2v) is 5.38. The lowest BCUT2D eigenvalue weighted by atomic mass is 10.1. The molecule has 0 radical (unpaired) electrons. The zero-order valence-electron chi connectivity index (χ0n) is 12.6. The largest absolute Gasteiger partial charge is 0.321 e. The van der Waals surface area contributed by atoms with Gasteiger partial charge in [-0.15, -0.1) is 0 Å². The predicted molar refractivity (Wildman–Crippen MR) is 76.9 cm³/mol. The summed E-state index contributed by atoms with van der Waals surface area (Å²) in [5.74, 6) is -0.799. The molecule has 5 heteroatoms. The first kappa shape index (κ1) is 16.7. The van der Waals surface area contributed by atoms with Crippen LogP contribution in [0.4, 0.5) is 0 Å². The van der Waals surface area contributed by atoms with Crippen LogP contribution in [0, 0.1) is 0 Å². The summed E-state index contributed by atoms with van der Waals surface area (Å²) in [6.45, 7) is 4.04. The van der Waals surface area contributed by atoms with E-state index in [1.54, 1.807) is 0 Å². The maximum absolute atomic E-state index is 12.1. The highest BCUT2D eigenvalue weighted by molar-refractivity contribution is 6.04. The minimum absolute atomic E-state index is 0.0128. The minimum Gasteiger partial charge on any atom is -0.321 e. The Bertz CT molecular complexity index is 355. The molecule has 0 spiro atoms. The Morgan fingerprint density at radius 3 is 2.45 bits per heavy atom. The van der Waals surface area contributed by atoms with Gasteiger partial charge in [-0.25, -0.2) is 0 Å². The standard InChI is InChI=1S/C15H26N2O3/c1-3-5-6-7-8-9-10-14(19)17-11-13(18)16-15(20)12(17)4-2/h12H,3-11H2,1-2H3,(H,16,18,20). The third-order valence-electron chi connectivity index (χ3n) is 3.71. The highest BCUT2D eigenvalue weighted by Crippen LogP contribution is 2.13. The van der Waals surface area contributed by atoms with Crippen LogP contribution in [-0.2, 0) is 14.4 Å². The van der Waals surface area contributed by atoms with Crippen LogP contribution < -0.4 is 5.32 Å². The number of rotatable bonds is 8. The molecule has 114 valence electrons. The molecule has 0 saturated carbocycles. The number of carbonyl (C=O) groups is 3. The molecule has 0 aromatic carbocycles. The van der Waals surface area contributed by atoms with E-state index in [-0.39, 0.29) is 24.3 Å². The predicted octanol–water partition coefficient (Wildman–Crippen LogP) is 2.00. The molecule has 1 aliphatic rings. The number of piperazine rings is 1. The van der Waals surface area contributed by atoms with E-state index in [9.17, 15) is 14.4 Å². The molecule has 1 rings (SSSR count). The van der Waals surface area contributed by atoms with Gasteiger partial charge in [0.2, 0.25) is 17.7 Å². The fourth-order valence-electron chi connectivity index (χ4n) is 2.53. The Balaban J connectivity index is 2.36. The molecule has 0 aromatic heterocycles. The average Bonchev–Trinajstić information content (AvgIpc) is 2.41. The lowest BCUT2D eigenvalue weighted by Crippen LogP contribution is -2.59. The van der Waals surface area contributed by atoms with Crippen molar-refractivity contribution in [3.8, 4) is 0 Å². The van der Waals surface area contributed by atoms with Crippen molar-refractivity contribution in [1.29, 1.82) is 0 Å². The second-order valence-electron chi connectivity index (χ2n) is 5.38. The SMILES string of the molecule is CCCCCCCCC(=O)N1CC(=O)NC(=O)C1CC. The van der Waals surface area contributed by atoms with Crippen LogP contribution in [0.5, 0.6) is 0 Å². The number of nitrogens with zero attached hydrogens (tertiary/aromatic N) is 1. The highest BCUT2D eigenvalue weighted by atomic mass is 16.2. The van der Waals surface area contributed by atoms with Crippen LogP contribution in [0.2, 0.25) is 0 Å². The van der Waals surface area contributed by atoms with Crippen molar-refractivity contribution in [2.75, 3.05) is 6.54 Å². The van der Waals surface area contributed by atoms with Crippen LogP contribution in [0.25, 0.3) is 0 Å². The van der Waals surface area contributed by atoms with Crippen molar-refractivity contribution in [3.05, 3.63) is 0 Å². The van der Waals surface area contributed by atoms with E-state index in [1.807, 2.05) is 6.92 Å². The van der Waals surface area contributed by atoms with E-state index in [0.29, 0.717) is 12.8 Å². The van der Waals surface area contributed by atoms with Crippen molar-refractivity contribution < 1.29 is 14.4 Å². The van der Waals surface area contributed by atoms with Gasteiger partial charge in [0.25, 0.3) is 0 Å². The maximum Gasteiger partial charge on any atom is 0.249 e. The fraction of sp³-hybridized carbons (Fsp3) is 0.800. The Morgan fingerprint density at radius 1 is 1.15 bits per heavy atom. The van der Waals surface area contributed by atoms with Gasteiger partial charge in [-0.3, -0.25) is 19.7 Å². The van der Waals surface area contributed by atoms with Crippen molar-refractivity contribution in [2.45, 2.75) is 71.3 Å². The zero-order valence-corrected chi connectivity index (χ0v) is 12.6. The van der Waals surface area contributed by atoms with E-state index in [0.717, 1.165) is 19.3 Å². The summed E-state index contributed by atoms with van der Waals surface area (Å²) in [5, 5.41) is 2.28. The third-order valence-corrected chi connectivity index (χ3v) is 3.71. The topological polar surface area (TPSA) is 66.5 Å². The molecular weight excluding hydrogens is 256 g/mol. The Hall–Kier alpha value is -1.39. The first-order valence-electron chi connectivity index (χ1n) is 7.73. The minimum atomic E-state index is -0.486. The molecule has 1 saturated heterocycles. The molecule has 0 aromatic rings. The van der Waals surface area contributed by atoms with Gasteiger partial charge in [0.1, 0.15) is 12.6 Å². The van der Waals surface area contributed by atoms with Gasteiger partial charge in [0.15, 0.2) is 0 Å². The number of unbranched alkanes of at least 4 members (excludes halogenated alkanes) is 5. The van der Waals surface area contributed by atoms with Crippen LogP contribution >= 0.6 is 0 Å². The Labute approximate surface area is 121 Å². The van der Waals surface area contributed by atoms with Crippen molar-refractivity contribution in [3.63, 3.8) is 0 Å². The van der Waals surface area contributed by atoms with Gasteiger partial charge >= 0.3 is 0 Å². The van der Waals surface area contributed by atoms with Gasteiger partial charge in [-0.05, 0) is 12.8 Å². The molecule has 3 amide bonds. The monoisotopic (exact) mass is 282 g/mol. The molecule has 1 fully saturated rings. The lowest BCUT2D eigenvalue weighted by Gasteiger charge is -2.33. The normalized spacial score (nSPS) is 19.1. The van der Waals surface area contributed by atoms with E-state index >= 15 is 0 Å². The molecular formula is C15H26N2O3. The lowest BCUT2D eigenvalue weighted by molar-refractivity contribution is -0.150. The molecule has 1 N–H and O–H groups in total. The number of carbonyl (C=O) groups excluding carboxylic acids is 3. The van der Waals surface area contributed by atoms with E-state index in [4.69, 9.17) is 0 Å². The quantitative estimate of drug-likeness (QED) is 0.547. The first-order chi connectivity index (χ1) is 9.60. The van der Waals surface area contributed by atoms with Crippen LogP contribution in [0.15, 0.2) is 0 Å². The summed E-state index contributed by atoms with van der Waals surface area (Å²) < 4.78 is 0. The summed E-state index contributed by atoms with van der Waals surface area (Å²) in [6, 6.07) is -0.486. The molecule has 1 atom stereocenters. The molecule has 20 heavy (non-hydrogen) atoms. The van der Waals surface area contributed by atoms with Crippen LogP contribution in [-0.4, -0.2) is 35.2 Å². The summed E-state index contributed by atoms with van der Waals surface area (Å²) >= 11 is 0. The summed E-state index contributed by atoms with van der Waals surface area (Å²) in [6.07, 6.45) is 7.67. The Morgan fingerprint density at radius 2 is 1.80 bits per heavy atom. The highest BCUT2D eigenvalue weighted by Gasteiger charge is 2.34. The van der Waals surface area contributed by atoms with Crippen molar-refractivity contribution in [2.24, 2.45) is 0 Å². The molecule has 1 heterocycles. The number of hydrogen-bond acceptors (Lipinski definition) is 3. The number of amides is 3. The van der Waals surface area contributed by atoms with Crippen molar-refractivity contribution in [1.82, 2.24) is 10.2 Å². The molecule has 1 aliphatic heterocycles. The van der Waals surface area contributed by atoms with E-state index in [2.05, 4.69) is 12.2 Å². The van der Waals surface area contributed by atoms with Crippen LogP contribution in [0.3, 0.4) is 0 Å². The Kier molecular flexibility index (Phi) is 7.26. The molecule has 5 nitrogen and oxygen atoms in total. The number of imide groups is 1. The molecule has 1 unspecified atom stereocenters. The fourth-order valence-corrected chi connectivity index (χ4v) is 2.53.